The van der Waals surface area contributed by atoms with Crippen molar-refractivity contribution in [3.8, 4) is 0 Å². The molecule has 3 rings (SSSR count). The number of nitrogens with zero attached hydrogens (tertiary/aromatic N) is 3. The third-order valence-corrected chi connectivity index (χ3v) is 5.83. The van der Waals surface area contributed by atoms with Gasteiger partial charge in [0.2, 0.25) is 11.8 Å². The maximum atomic E-state index is 12.3. The van der Waals surface area contributed by atoms with E-state index in [1.807, 2.05) is 11.5 Å². The predicted molar refractivity (Wildman–Crippen MR) is 111 cm³/mol. The minimum absolute atomic E-state index is 0.0181. The quantitative estimate of drug-likeness (QED) is 0.638. The Kier molecular flexibility index (Phi) is 7.33. The molecule has 0 atom stereocenters. The number of thioether (sulfide) groups is 1. The summed E-state index contributed by atoms with van der Waals surface area (Å²) in [7, 11) is 0. The summed E-state index contributed by atoms with van der Waals surface area (Å²) in [6, 6.07) is 7.24. The summed E-state index contributed by atoms with van der Waals surface area (Å²) in [4.78, 5) is 24.4. The average Bonchev–Trinajstić information content (AvgIpc) is 3.31. The lowest BCUT2D eigenvalue weighted by molar-refractivity contribution is -0.119. The van der Waals surface area contributed by atoms with Crippen LogP contribution >= 0.6 is 23.4 Å². The highest BCUT2D eigenvalue weighted by molar-refractivity contribution is 7.99. The first-order valence-corrected chi connectivity index (χ1v) is 10.8. The van der Waals surface area contributed by atoms with Crippen LogP contribution in [0.5, 0.6) is 0 Å². The Morgan fingerprint density at radius 1 is 1.18 bits per heavy atom. The lowest BCUT2D eigenvalue weighted by atomic mass is 10.2. The molecule has 9 heteroatoms. The number of halogens is 1. The highest BCUT2D eigenvalue weighted by atomic mass is 35.5. The normalized spacial score (nSPS) is 14.2. The molecule has 7 nitrogen and oxygen atoms in total. The smallest absolute Gasteiger partial charge is 0.232 e. The van der Waals surface area contributed by atoms with Gasteiger partial charge in [0.05, 0.1) is 12.2 Å². The Hall–Kier alpha value is -2.06. The first kappa shape index (κ1) is 20.7. The number of nitrogens with one attached hydrogen (secondary N) is 2. The van der Waals surface area contributed by atoms with Gasteiger partial charge in [-0.05, 0) is 44.0 Å². The molecule has 2 amide bonds. The Morgan fingerprint density at radius 2 is 1.89 bits per heavy atom. The summed E-state index contributed by atoms with van der Waals surface area (Å²) in [5.41, 5.74) is 0.676. The van der Waals surface area contributed by atoms with Crippen LogP contribution in [-0.2, 0) is 22.6 Å². The standard InChI is InChI=1S/C19H24ClN5O2S/c1-2-25-16(11-17(26)21-15-9-7-13(20)8-10-15)23-24-19(25)28-12-18(27)22-14-5-3-4-6-14/h7-10,14H,2-6,11-12H2,1H3,(H,21,26)(H,22,27). The summed E-state index contributed by atoms with van der Waals surface area (Å²) in [6.07, 6.45) is 4.61. The van der Waals surface area contributed by atoms with Crippen molar-refractivity contribution in [3.05, 3.63) is 35.1 Å². The van der Waals surface area contributed by atoms with Gasteiger partial charge in [0, 0.05) is 23.3 Å². The van der Waals surface area contributed by atoms with Gasteiger partial charge in [-0.25, -0.2) is 0 Å². The summed E-state index contributed by atoms with van der Waals surface area (Å²) < 4.78 is 1.87. The highest BCUT2D eigenvalue weighted by Gasteiger charge is 2.19. The molecule has 1 aliphatic carbocycles. The van der Waals surface area contributed by atoms with Gasteiger partial charge in [-0.2, -0.15) is 0 Å². The van der Waals surface area contributed by atoms with Gasteiger partial charge in [0.15, 0.2) is 5.16 Å². The summed E-state index contributed by atoms with van der Waals surface area (Å²) >= 11 is 7.20. The Morgan fingerprint density at radius 3 is 2.57 bits per heavy atom. The van der Waals surface area contributed by atoms with Crippen LogP contribution in [0.1, 0.15) is 38.4 Å². The van der Waals surface area contributed by atoms with Crippen LogP contribution in [-0.4, -0.2) is 38.4 Å². The third kappa shape index (κ3) is 5.72. The summed E-state index contributed by atoms with van der Waals surface area (Å²) in [5.74, 6) is 0.711. The fourth-order valence-corrected chi connectivity index (χ4v) is 4.18. The molecule has 1 heterocycles. The number of carbonyl (C=O) groups excluding carboxylic acids is 2. The number of rotatable bonds is 8. The van der Waals surface area contributed by atoms with Crippen molar-refractivity contribution in [3.63, 3.8) is 0 Å². The molecule has 150 valence electrons. The van der Waals surface area contributed by atoms with E-state index in [-0.39, 0.29) is 18.2 Å². The SMILES string of the molecule is CCn1c(CC(=O)Nc2ccc(Cl)cc2)nnc1SCC(=O)NC1CCCC1. The Labute approximate surface area is 173 Å². The van der Waals surface area contributed by atoms with Crippen LogP contribution in [0.25, 0.3) is 0 Å². The van der Waals surface area contributed by atoms with Gasteiger partial charge in [-0.3, -0.25) is 9.59 Å². The van der Waals surface area contributed by atoms with E-state index < -0.39 is 0 Å². The number of hydrogen-bond acceptors (Lipinski definition) is 5. The number of hydrogen-bond donors (Lipinski definition) is 2. The second kappa shape index (κ2) is 9.93. The van der Waals surface area contributed by atoms with Gasteiger partial charge >= 0.3 is 0 Å². The second-order valence-corrected chi connectivity index (χ2v) is 8.09. The van der Waals surface area contributed by atoms with E-state index in [4.69, 9.17) is 11.6 Å². The van der Waals surface area contributed by atoms with Crippen molar-refractivity contribution in [2.75, 3.05) is 11.1 Å². The van der Waals surface area contributed by atoms with E-state index >= 15 is 0 Å². The van der Waals surface area contributed by atoms with Crippen molar-refractivity contribution in [2.24, 2.45) is 0 Å². The fraction of sp³-hybridized carbons (Fsp3) is 0.474. The maximum Gasteiger partial charge on any atom is 0.232 e. The molecule has 2 N–H and O–H groups in total. The molecule has 0 bridgehead atoms. The monoisotopic (exact) mass is 421 g/mol. The molecular weight excluding hydrogens is 398 g/mol. The molecule has 0 unspecified atom stereocenters. The molecule has 0 aliphatic heterocycles. The fourth-order valence-electron chi connectivity index (χ4n) is 3.23. The van der Waals surface area contributed by atoms with E-state index in [1.165, 1.54) is 24.6 Å². The highest BCUT2D eigenvalue weighted by Crippen LogP contribution is 2.20. The minimum Gasteiger partial charge on any atom is -0.353 e. The molecule has 0 spiro atoms. The van der Waals surface area contributed by atoms with Gasteiger partial charge in [0.1, 0.15) is 5.82 Å². The number of benzene rings is 1. The van der Waals surface area contributed by atoms with E-state index in [0.717, 1.165) is 12.8 Å². The molecule has 2 aromatic rings. The minimum atomic E-state index is -0.181. The maximum absolute atomic E-state index is 12.3. The van der Waals surface area contributed by atoms with Crippen LogP contribution in [0.3, 0.4) is 0 Å². The summed E-state index contributed by atoms with van der Waals surface area (Å²) in [5, 5.41) is 15.5. The molecule has 0 radical (unpaired) electrons. The Balaban J connectivity index is 1.54. The van der Waals surface area contributed by atoms with Crippen LogP contribution in [0.15, 0.2) is 29.4 Å². The zero-order chi connectivity index (χ0) is 19.9. The topological polar surface area (TPSA) is 88.9 Å². The van der Waals surface area contributed by atoms with Gasteiger partial charge in [0.25, 0.3) is 0 Å². The molecule has 1 aromatic carbocycles. The molecule has 1 aromatic heterocycles. The molecule has 28 heavy (non-hydrogen) atoms. The van der Waals surface area contributed by atoms with Crippen molar-refractivity contribution in [2.45, 2.75) is 56.8 Å². The van der Waals surface area contributed by atoms with Gasteiger partial charge in [-0.1, -0.05) is 36.2 Å². The molecule has 1 saturated carbocycles. The molecule has 1 aliphatic rings. The first-order chi connectivity index (χ1) is 13.5. The van der Waals surface area contributed by atoms with Crippen molar-refractivity contribution >= 4 is 40.9 Å². The van der Waals surface area contributed by atoms with Crippen LogP contribution < -0.4 is 10.6 Å². The van der Waals surface area contributed by atoms with Crippen molar-refractivity contribution < 1.29 is 9.59 Å². The van der Waals surface area contributed by atoms with Crippen LogP contribution in [0.2, 0.25) is 5.02 Å². The molecule has 1 fully saturated rings. The number of aromatic nitrogens is 3. The average molecular weight is 422 g/mol. The van der Waals surface area contributed by atoms with E-state index in [2.05, 4.69) is 20.8 Å². The number of carbonyl (C=O) groups is 2. The van der Waals surface area contributed by atoms with Crippen LogP contribution in [0, 0.1) is 0 Å². The predicted octanol–water partition coefficient (Wildman–Crippen LogP) is 3.28. The van der Waals surface area contributed by atoms with Gasteiger partial charge in [-0.15, -0.1) is 10.2 Å². The number of anilines is 1. The molecular formula is C19H24ClN5O2S. The van der Waals surface area contributed by atoms with Gasteiger partial charge < -0.3 is 15.2 Å². The Bertz CT molecular complexity index is 818. The largest absolute Gasteiger partial charge is 0.353 e. The third-order valence-electron chi connectivity index (χ3n) is 4.61. The first-order valence-electron chi connectivity index (χ1n) is 9.44. The lowest BCUT2D eigenvalue weighted by Gasteiger charge is -2.11. The van der Waals surface area contributed by atoms with E-state index in [1.54, 1.807) is 24.3 Å². The summed E-state index contributed by atoms with van der Waals surface area (Å²) in [6.45, 7) is 2.59. The van der Waals surface area contributed by atoms with E-state index in [0.29, 0.717) is 40.0 Å². The van der Waals surface area contributed by atoms with E-state index in [9.17, 15) is 9.59 Å². The molecule has 0 saturated heterocycles. The second-order valence-electron chi connectivity index (χ2n) is 6.71. The number of amides is 2. The van der Waals surface area contributed by atoms with Crippen LogP contribution in [0.4, 0.5) is 5.69 Å². The lowest BCUT2D eigenvalue weighted by Crippen LogP contribution is -2.33. The van der Waals surface area contributed by atoms with Crippen molar-refractivity contribution in [1.29, 1.82) is 0 Å². The zero-order valence-electron chi connectivity index (χ0n) is 15.8. The van der Waals surface area contributed by atoms with Crippen molar-refractivity contribution in [1.82, 2.24) is 20.1 Å². The zero-order valence-corrected chi connectivity index (χ0v) is 17.4.